The maximum atomic E-state index is 12.2. The van der Waals surface area contributed by atoms with E-state index in [9.17, 15) is 15.0 Å². The van der Waals surface area contributed by atoms with E-state index in [0.29, 0.717) is 12.3 Å². The van der Waals surface area contributed by atoms with Crippen molar-refractivity contribution in [2.75, 3.05) is 0 Å². The fraction of sp³-hybridized carbons (Fsp3) is 0.800. The van der Waals surface area contributed by atoms with E-state index >= 15 is 0 Å². The molecule has 3 nitrogen and oxygen atoms in total. The van der Waals surface area contributed by atoms with Gasteiger partial charge in [0.15, 0.2) is 5.78 Å². The van der Waals surface area contributed by atoms with Gasteiger partial charge < -0.3 is 10.2 Å². The minimum atomic E-state index is -1.27. The zero-order valence-corrected chi connectivity index (χ0v) is 11.7. The van der Waals surface area contributed by atoms with E-state index in [-0.39, 0.29) is 17.1 Å². The molecular weight excluding hydrogens is 228 g/mol. The molecule has 0 aromatic carbocycles. The van der Waals surface area contributed by atoms with Crippen molar-refractivity contribution in [1.29, 1.82) is 0 Å². The van der Waals surface area contributed by atoms with Gasteiger partial charge in [-0.3, -0.25) is 4.79 Å². The molecule has 1 saturated carbocycles. The van der Waals surface area contributed by atoms with Crippen LogP contribution < -0.4 is 0 Å². The van der Waals surface area contributed by atoms with Crippen molar-refractivity contribution < 1.29 is 15.0 Å². The molecule has 4 atom stereocenters. The van der Waals surface area contributed by atoms with Gasteiger partial charge in [-0.05, 0) is 48.2 Å². The van der Waals surface area contributed by atoms with Gasteiger partial charge in [-0.1, -0.05) is 27.7 Å². The second-order valence-electron chi connectivity index (χ2n) is 6.63. The molecule has 2 rings (SSSR count). The summed E-state index contributed by atoms with van der Waals surface area (Å²) in [7, 11) is 0. The fourth-order valence-electron chi connectivity index (χ4n) is 3.49. The van der Waals surface area contributed by atoms with Crippen LogP contribution >= 0.6 is 0 Å². The van der Waals surface area contributed by atoms with Gasteiger partial charge in [0.2, 0.25) is 0 Å². The van der Waals surface area contributed by atoms with Crippen LogP contribution in [0.1, 0.15) is 47.0 Å². The van der Waals surface area contributed by atoms with E-state index in [2.05, 4.69) is 13.8 Å². The van der Waals surface area contributed by atoms with Crippen LogP contribution in [0.5, 0.6) is 0 Å². The molecule has 18 heavy (non-hydrogen) atoms. The van der Waals surface area contributed by atoms with Crippen molar-refractivity contribution in [2.45, 2.75) is 58.7 Å². The number of aliphatic hydroxyl groups is 2. The molecule has 0 heterocycles. The van der Waals surface area contributed by atoms with Gasteiger partial charge in [0.05, 0.1) is 6.10 Å². The molecule has 3 heteroatoms. The number of ketones is 1. The predicted octanol–water partition coefficient (Wildman–Crippen LogP) is 2.07. The van der Waals surface area contributed by atoms with E-state index in [1.54, 1.807) is 0 Å². The molecular formula is C15H24O3. The first-order valence-corrected chi connectivity index (χ1v) is 6.88. The third-order valence-corrected chi connectivity index (χ3v) is 5.28. The van der Waals surface area contributed by atoms with Crippen molar-refractivity contribution in [3.63, 3.8) is 0 Å². The summed E-state index contributed by atoms with van der Waals surface area (Å²) in [5.74, 6) is 0.0366. The molecule has 0 aliphatic heterocycles. The zero-order chi connectivity index (χ0) is 13.7. The third-order valence-electron chi connectivity index (χ3n) is 5.28. The average molecular weight is 252 g/mol. The molecule has 0 spiro atoms. The summed E-state index contributed by atoms with van der Waals surface area (Å²) >= 11 is 0. The van der Waals surface area contributed by atoms with Crippen molar-refractivity contribution in [2.24, 2.45) is 17.3 Å². The van der Waals surface area contributed by atoms with Crippen LogP contribution in [-0.4, -0.2) is 27.7 Å². The first kappa shape index (κ1) is 13.8. The van der Waals surface area contributed by atoms with E-state index in [1.165, 1.54) is 6.08 Å². The second-order valence-corrected chi connectivity index (χ2v) is 6.63. The summed E-state index contributed by atoms with van der Waals surface area (Å²) in [5, 5.41) is 20.8. The lowest BCUT2D eigenvalue weighted by atomic mass is 9.55. The molecule has 1 fully saturated rings. The van der Waals surface area contributed by atoms with Crippen molar-refractivity contribution in [3.05, 3.63) is 11.6 Å². The molecule has 2 aliphatic carbocycles. The van der Waals surface area contributed by atoms with Crippen LogP contribution in [0.2, 0.25) is 0 Å². The fourth-order valence-corrected chi connectivity index (χ4v) is 3.49. The van der Waals surface area contributed by atoms with Crippen LogP contribution in [0.25, 0.3) is 0 Å². The third kappa shape index (κ3) is 1.76. The number of fused-ring (bicyclic) bond motifs is 1. The lowest BCUT2D eigenvalue weighted by molar-refractivity contribution is -0.145. The van der Waals surface area contributed by atoms with E-state index in [1.807, 2.05) is 13.8 Å². The first-order valence-electron chi connectivity index (χ1n) is 6.88. The lowest BCUT2D eigenvalue weighted by Gasteiger charge is -2.51. The molecule has 0 saturated heterocycles. The van der Waals surface area contributed by atoms with Crippen LogP contribution in [0, 0.1) is 17.3 Å². The summed E-state index contributed by atoms with van der Waals surface area (Å²) in [4.78, 5) is 12.2. The van der Waals surface area contributed by atoms with Crippen LogP contribution in [0.15, 0.2) is 11.6 Å². The Morgan fingerprint density at radius 2 is 2.00 bits per heavy atom. The summed E-state index contributed by atoms with van der Waals surface area (Å²) in [5.41, 5.74) is -0.703. The van der Waals surface area contributed by atoms with Crippen molar-refractivity contribution in [1.82, 2.24) is 0 Å². The molecule has 0 radical (unpaired) electrons. The largest absolute Gasteiger partial charge is 0.389 e. The second kappa shape index (κ2) is 4.17. The summed E-state index contributed by atoms with van der Waals surface area (Å²) in [6, 6.07) is 0. The number of carbonyl (C=O) groups is 1. The quantitative estimate of drug-likeness (QED) is 0.751. The van der Waals surface area contributed by atoms with Crippen LogP contribution in [0.3, 0.4) is 0 Å². The van der Waals surface area contributed by atoms with E-state index in [0.717, 1.165) is 18.4 Å². The SMILES string of the molecule is CC1CCC(O)C2=CC(=O)C(O)(C(C)C)CC21C. The minimum absolute atomic E-state index is 0.106. The smallest absolute Gasteiger partial charge is 0.187 e. The monoisotopic (exact) mass is 252 g/mol. The Kier molecular flexibility index (Phi) is 3.19. The summed E-state index contributed by atoms with van der Waals surface area (Å²) < 4.78 is 0. The highest BCUT2D eigenvalue weighted by Gasteiger charge is 2.53. The Morgan fingerprint density at radius 1 is 1.39 bits per heavy atom. The predicted molar refractivity (Wildman–Crippen MR) is 70.0 cm³/mol. The lowest BCUT2D eigenvalue weighted by Crippen LogP contribution is -2.54. The Hall–Kier alpha value is -0.670. The first-order chi connectivity index (χ1) is 8.21. The molecule has 4 unspecified atom stereocenters. The van der Waals surface area contributed by atoms with Crippen molar-refractivity contribution in [3.8, 4) is 0 Å². The molecule has 0 aromatic heterocycles. The number of aliphatic hydroxyl groups excluding tert-OH is 1. The normalized spacial score (nSPS) is 44.8. The highest BCUT2D eigenvalue weighted by Crippen LogP contribution is 2.53. The molecule has 102 valence electrons. The highest BCUT2D eigenvalue weighted by atomic mass is 16.3. The van der Waals surface area contributed by atoms with Gasteiger partial charge in [-0.25, -0.2) is 0 Å². The number of rotatable bonds is 1. The summed E-state index contributed by atoms with van der Waals surface area (Å²) in [6.07, 6.45) is 3.09. The van der Waals surface area contributed by atoms with Crippen LogP contribution in [-0.2, 0) is 4.79 Å². The Bertz CT molecular complexity index is 399. The van der Waals surface area contributed by atoms with Gasteiger partial charge >= 0.3 is 0 Å². The van der Waals surface area contributed by atoms with Gasteiger partial charge in [-0.15, -0.1) is 0 Å². The van der Waals surface area contributed by atoms with Gasteiger partial charge in [-0.2, -0.15) is 0 Å². The molecule has 2 N–H and O–H groups in total. The molecule has 0 amide bonds. The van der Waals surface area contributed by atoms with Gasteiger partial charge in [0.1, 0.15) is 5.60 Å². The summed E-state index contributed by atoms with van der Waals surface area (Å²) in [6.45, 7) is 7.98. The zero-order valence-electron chi connectivity index (χ0n) is 11.7. The maximum Gasteiger partial charge on any atom is 0.187 e. The molecule has 0 aromatic rings. The molecule has 0 bridgehead atoms. The highest BCUT2D eigenvalue weighted by molar-refractivity contribution is 5.99. The van der Waals surface area contributed by atoms with Gasteiger partial charge in [0, 0.05) is 0 Å². The Balaban J connectivity index is 2.49. The minimum Gasteiger partial charge on any atom is -0.389 e. The standard InChI is InChI=1S/C15H24O3/c1-9(2)15(18)8-14(4)10(3)5-6-12(16)11(14)7-13(15)17/h7,9-10,12,16,18H,5-6,8H2,1-4H3. The number of hydrogen-bond donors (Lipinski definition) is 2. The van der Waals surface area contributed by atoms with Crippen LogP contribution in [0.4, 0.5) is 0 Å². The Morgan fingerprint density at radius 3 is 2.56 bits per heavy atom. The average Bonchev–Trinajstić information content (AvgIpc) is 2.28. The topological polar surface area (TPSA) is 57.5 Å². The Labute approximate surface area is 109 Å². The van der Waals surface area contributed by atoms with Gasteiger partial charge in [0.25, 0.3) is 0 Å². The number of carbonyl (C=O) groups excluding carboxylic acids is 1. The molecule has 2 aliphatic rings. The van der Waals surface area contributed by atoms with E-state index in [4.69, 9.17) is 0 Å². The van der Waals surface area contributed by atoms with Crippen molar-refractivity contribution >= 4 is 5.78 Å². The number of hydrogen-bond acceptors (Lipinski definition) is 3. The maximum absolute atomic E-state index is 12.2. The van der Waals surface area contributed by atoms with E-state index < -0.39 is 11.7 Å².